The van der Waals surface area contributed by atoms with Crippen LogP contribution < -0.4 is 4.72 Å². The van der Waals surface area contributed by atoms with E-state index in [9.17, 15) is 13.2 Å². The van der Waals surface area contributed by atoms with Crippen molar-refractivity contribution >= 4 is 44.9 Å². The Balaban J connectivity index is 2.36. The number of carbonyl (C=O) groups is 1. The van der Waals surface area contributed by atoms with E-state index in [1.54, 1.807) is 0 Å². The Bertz CT molecular complexity index is 775. The standard InChI is InChI=1S/C10H6Cl2N4O4S/c11-8-7(9(12)15-4-14-8)16-21(19,20)6-2-1-5(3-13-6)10(17)18/h1-4,16H,(H,17,18). The number of anilines is 1. The molecule has 11 heteroatoms. The number of rotatable bonds is 4. The van der Waals surface area contributed by atoms with Crippen molar-refractivity contribution in [3.8, 4) is 0 Å². The third kappa shape index (κ3) is 3.38. The lowest BCUT2D eigenvalue weighted by Gasteiger charge is -2.09. The number of aromatic carboxylic acids is 1. The van der Waals surface area contributed by atoms with Crippen LogP contribution in [-0.2, 0) is 10.0 Å². The lowest BCUT2D eigenvalue weighted by atomic mass is 10.3. The molecule has 0 atom stereocenters. The van der Waals surface area contributed by atoms with Crippen LogP contribution in [0.15, 0.2) is 29.7 Å². The van der Waals surface area contributed by atoms with Gasteiger partial charge in [0.2, 0.25) is 0 Å². The quantitative estimate of drug-likeness (QED) is 0.805. The maximum absolute atomic E-state index is 12.1. The average Bonchev–Trinajstić information content (AvgIpc) is 2.43. The summed E-state index contributed by atoms with van der Waals surface area (Å²) in [5, 5.41) is 7.97. The molecule has 2 aromatic rings. The van der Waals surface area contributed by atoms with E-state index in [-0.39, 0.29) is 21.6 Å². The Labute approximate surface area is 128 Å². The van der Waals surface area contributed by atoms with Gasteiger partial charge in [0, 0.05) is 6.20 Å². The first-order valence-corrected chi connectivity index (χ1v) is 7.43. The van der Waals surface area contributed by atoms with Crippen molar-refractivity contribution in [2.75, 3.05) is 4.72 Å². The number of halogens is 2. The van der Waals surface area contributed by atoms with Gasteiger partial charge in [-0.1, -0.05) is 23.2 Å². The zero-order chi connectivity index (χ0) is 15.6. The van der Waals surface area contributed by atoms with E-state index in [1.807, 2.05) is 0 Å². The molecule has 0 unspecified atom stereocenters. The largest absolute Gasteiger partial charge is 0.478 e. The fraction of sp³-hybridized carbons (Fsp3) is 0. The topological polar surface area (TPSA) is 122 Å². The molecule has 0 saturated heterocycles. The summed E-state index contributed by atoms with van der Waals surface area (Å²) in [5.41, 5.74) is -0.335. The Kier molecular flexibility index (Phi) is 4.26. The molecule has 0 fully saturated rings. The highest BCUT2D eigenvalue weighted by molar-refractivity contribution is 7.92. The molecule has 2 rings (SSSR count). The molecular formula is C10H6Cl2N4O4S. The molecular weight excluding hydrogens is 343 g/mol. The highest BCUT2D eigenvalue weighted by atomic mass is 35.5. The molecule has 21 heavy (non-hydrogen) atoms. The highest BCUT2D eigenvalue weighted by Gasteiger charge is 2.20. The molecule has 0 saturated carbocycles. The van der Waals surface area contributed by atoms with Crippen molar-refractivity contribution in [1.29, 1.82) is 0 Å². The van der Waals surface area contributed by atoms with E-state index in [4.69, 9.17) is 28.3 Å². The summed E-state index contributed by atoms with van der Waals surface area (Å²) in [5.74, 6) is -1.22. The molecule has 0 bridgehead atoms. The third-order valence-electron chi connectivity index (χ3n) is 2.25. The number of hydrogen-bond donors (Lipinski definition) is 2. The van der Waals surface area contributed by atoms with Crippen molar-refractivity contribution in [3.63, 3.8) is 0 Å². The molecule has 0 aliphatic heterocycles. The second-order valence-corrected chi connectivity index (χ2v) is 5.97. The first kappa shape index (κ1) is 15.4. The number of carboxylic acids is 1. The molecule has 0 radical (unpaired) electrons. The van der Waals surface area contributed by atoms with E-state index in [2.05, 4.69) is 19.7 Å². The maximum Gasteiger partial charge on any atom is 0.337 e. The summed E-state index contributed by atoms with van der Waals surface area (Å²) < 4.78 is 26.3. The summed E-state index contributed by atoms with van der Waals surface area (Å²) in [6.07, 6.45) is 1.99. The highest BCUT2D eigenvalue weighted by Crippen LogP contribution is 2.27. The van der Waals surface area contributed by atoms with Crippen molar-refractivity contribution < 1.29 is 18.3 Å². The fourth-order valence-corrected chi connectivity index (χ4v) is 2.81. The predicted octanol–water partition coefficient (Wildman–Crippen LogP) is 1.68. The van der Waals surface area contributed by atoms with Crippen LogP contribution in [0, 0.1) is 0 Å². The first-order chi connectivity index (χ1) is 9.81. The molecule has 2 N–H and O–H groups in total. The van der Waals surface area contributed by atoms with Gasteiger partial charge in [0.25, 0.3) is 10.0 Å². The summed E-state index contributed by atoms with van der Waals surface area (Å²) in [6.45, 7) is 0. The summed E-state index contributed by atoms with van der Waals surface area (Å²) in [7, 11) is -4.10. The zero-order valence-electron chi connectivity index (χ0n) is 9.99. The van der Waals surface area contributed by atoms with E-state index in [0.29, 0.717) is 0 Å². The molecule has 110 valence electrons. The van der Waals surface area contributed by atoms with Crippen LogP contribution >= 0.6 is 23.2 Å². The summed E-state index contributed by atoms with van der Waals surface area (Å²) in [4.78, 5) is 21.5. The number of hydrogen-bond acceptors (Lipinski definition) is 6. The van der Waals surface area contributed by atoms with E-state index in [1.165, 1.54) is 0 Å². The number of carboxylic acid groups (broad SMARTS) is 1. The van der Waals surface area contributed by atoms with Gasteiger partial charge in [0.1, 0.15) is 12.0 Å². The Morgan fingerprint density at radius 2 is 1.76 bits per heavy atom. The summed E-state index contributed by atoms with van der Waals surface area (Å²) in [6, 6.07) is 2.14. The van der Waals surface area contributed by atoms with Crippen molar-refractivity contribution in [1.82, 2.24) is 15.0 Å². The van der Waals surface area contributed by atoms with E-state index < -0.39 is 21.0 Å². The van der Waals surface area contributed by atoms with Crippen LogP contribution in [0.4, 0.5) is 5.69 Å². The Morgan fingerprint density at radius 1 is 1.14 bits per heavy atom. The summed E-state index contributed by atoms with van der Waals surface area (Å²) >= 11 is 11.5. The van der Waals surface area contributed by atoms with Crippen LogP contribution in [0.2, 0.25) is 10.3 Å². The monoisotopic (exact) mass is 348 g/mol. The molecule has 2 aromatic heterocycles. The second-order valence-electron chi connectivity index (χ2n) is 3.63. The number of pyridine rings is 1. The molecule has 0 aliphatic rings. The average molecular weight is 349 g/mol. The molecule has 2 heterocycles. The molecule has 0 aromatic carbocycles. The van der Waals surface area contributed by atoms with Crippen LogP contribution in [-0.4, -0.2) is 34.4 Å². The predicted molar refractivity (Wildman–Crippen MR) is 74.1 cm³/mol. The van der Waals surface area contributed by atoms with Crippen LogP contribution in [0.1, 0.15) is 10.4 Å². The number of aromatic nitrogens is 3. The van der Waals surface area contributed by atoms with Gasteiger partial charge in [-0.05, 0) is 12.1 Å². The van der Waals surface area contributed by atoms with Gasteiger partial charge in [-0.3, -0.25) is 4.72 Å². The normalized spacial score (nSPS) is 11.1. The third-order valence-corrected chi connectivity index (χ3v) is 4.09. The minimum atomic E-state index is -4.10. The van der Waals surface area contributed by atoms with Crippen molar-refractivity contribution in [2.45, 2.75) is 5.03 Å². The number of nitrogens with one attached hydrogen (secondary N) is 1. The van der Waals surface area contributed by atoms with Crippen LogP contribution in [0.5, 0.6) is 0 Å². The minimum absolute atomic E-state index is 0.145. The lowest BCUT2D eigenvalue weighted by Crippen LogP contribution is -2.16. The Hall–Kier alpha value is -1.97. The maximum atomic E-state index is 12.1. The van der Waals surface area contributed by atoms with Gasteiger partial charge in [-0.25, -0.2) is 19.7 Å². The van der Waals surface area contributed by atoms with Gasteiger partial charge >= 0.3 is 5.97 Å². The number of nitrogens with zero attached hydrogens (tertiary/aromatic N) is 3. The van der Waals surface area contributed by atoms with Gasteiger partial charge < -0.3 is 5.11 Å². The van der Waals surface area contributed by atoms with Gasteiger partial charge in [0.05, 0.1) is 5.56 Å². The molecule has 0 amide bonds. The van der Waals surface area contributed by atoms with Gasteiger partial charge in [-0.15, -0.1) is 0 Å². The van der Waals surface area contributed by atoms with Crippen molar-refractivity contribution in [3.05, 3.63) is 40.5 Å². The lowest BCUT2D eigenvalue weighted by molar-refractivity contribution is 0.0696. The van der Waals surface area contributed by atoms with Crippen molar-refractivity contribution in [2.24, 2.45) is 0 Å². The smallest absolute Gasteiger partial charge is 0.337 e. The van der Waals surface area contributed by atoms with E-state index >= 15 is 0 Å². The molecule has 8 nitrogen and oxygen atoms in total. The zero-order valence-corrected chi connectivity index (χ0v) is 12.3. The SMILES string of the molecule is O=C(O)c1ccc(S(=O)(=O)Nc2c(Cl)ncnc2Cl)nc1. The molecule has 0 spiro atoms. The molecule has 0 aliphatic carbocycles. The van der Waals surface area contributed by atoms with Crippen LogP contribution in [0.3, 0.4) is 0 Å². The van der Waals surface area contributed by atoms with Gasteiger partial charge in [0.15, 0.2) is 15.3 Å². The fourth-order valence-electron chi connectivity index (χ4n) is 1.28. The second kappa shape index (κ2) is 5.80. The van der Waals surface area contributed by atoms with Crippen LogP contribution in [0.25, 0.3) is 0 Å². The van der Waals surface area contributed by atoms with E-state index in [0.717, 1.165) is 24.7 Å². The first-order valence-electron chi connectivity index (χ1n) is 5.19. The van der Waals surface area contributed by atoms with Gasteiger partial charge in [-0.2, -0.15) is 8.42 Å². The Morgan fingerprint density at radius 3 is 2.24 bits per heavy atom. The number of sulfonamides is 1. The minimum Gasteiger partial charge on any atom is -0.478 e.